The number of amides is 1. The lowest BCUT2D eigenvalue weighted by Gasteiger charge is -2.25. The Balaban J connectivity index is 1.70. The van der Waals surface area contributed by atoms with Crippen LogP contribution in [0.15, 0.2) is 94.2 Å². The third-order valence-corrected chi connectivity index (χ3v) is 6.61. The minimum absolute atomic E-state index is 0.167. The number of H-pyrrole nitrogens is 1. The summed E-state index contributed by atoms with van der Waals surface area (Å²) in [5, 5.41) is 11.3. The number of carbonyl (C=O) groups is 2. The highest BCUT2D eigenvalue weighted by Gasteiger charge is 2.33. The van der Waals surface area contributed by atoms with E-state index in [1.807, 2.05) is 84.9 Å². The van der Waals surface area contributed by atoms with Gasteiger partial charge in [0.2, 0.25) is 5.91 Å². The van der Waals surface area contributed by atoms with Crippen molar-refractivity contribution in [2.75, 3.05) is 0 Å². The molecule has 1 aliphatic rings. The van der Waals surface area contributed by atoms with Gasteiger partial charge in [-0.3, -0.25) is 19.8 Å². The van der Waals surface area contributed by atoms with Gasteiger partial charge in [0.05, 0.1) is 23.7 Å². The highest BCUT2D eigenvalue weighted by molar-refractivity contribution is 9.10. The number of carbonyl (C=O) groups excluding carboxylic acids is 1. The first kappa shape index (κ1) is 23.6. The average Bonchev–Trinajstić information content (AvgIpc) is 3.33. The molecule has 0 fully saturated rings. The fourth-order valence-corrected chi connectivity index (χ4v) is 4.84. The van der Waals surface area contributed by atoms with Crippen LogP contribution in [-0.2, 0) is 9.59 Å². The molecule has 1 amide bonds. The molecule has 8 heteroatoms. The molecule has 0 saturated carbocycles. The van der Waals surface area contributed by atoms with Crippen molar-refractivity contribution in [3.63, 3.8) is 0 Å². The number of halogens is 1. The molecule has 3 N–H and O–H groups in total. The van der Waals surface area contributed by atoms with Gasteiger partial charge in [-0.1, -0.05) is 76.6 Å². The number of pyridine rings is 1. The molecule has 0 spiro atoms. The monoisotopic (exact) mass is 543 g/mol. The van der Waals surface area contributed by atoms with Gasteiger partial charge in [0.1, 0.15) is 0 Å². The quantitative estimate of drug-likeness (QED) is 0.308. The smallest absolute Gasteiger partial charge is 0.303 e. The van der Waals surface area contributed by atoms with E-state index in [1.165, 1.54) is 5.01 Å². The number of hydrazine groups is 1. The van der Waals surface area contributed by atoms with Crippen LogP contribution in [0.25, 0.3) is 27.7 Å². The Labute approximate surface area is 215 Å². The molecule has 4 aromatic rings. The predicted molar refractivity (Wildman–Crippen MR) is 142 cm³/mol. The molecule has 0 bridgehead atoms. The van der Waals surface area contributed by atoms with Crippen LogP contribution in [0, 0.1) is 0 Å². The highest BCUT2D eigenvalue weighted by Crippen LogP contribution is 2.38. The Morgan fingerprint density at radius 1 is 0.917 bits per heavy atom. The number of nitrogens with zero attached hydrogens (tertiary/aromatic N) is 1. The van der Waals surface area contributed by atoms with Crippen molar-refractivity contribution in [3.8, 4) is 11.1 Å². The largest absolute Gasteiger partial charge is 0.481 e. The van der Waals surface area contributed by atoms with Gasteiger partial charge >= 0.3 is 5.97 Å². The summed E-state index contributed by atoms with van der Waals surface area (Å²) in [6, 6.07) is 24.2. The average molecular weight is 544 g/mol. The summed E-state index contributed by atoms with van der Waals surface area (Å²) in [4.78, 5) is 40.7. The van der Waals surface area contributed by atoms with E-state index in [-0.39, 0.29) is 24.3 Å². The molecule has 36 heavy (non-hydrogen) atoms. The van der Waals surface area contributed by atoms with Crippen LogP contribution in [0.5, 0.6) is 0 Å². The summed E-state index contributed by atoms with van der Waals surface area (Å²) in [6.45, 7) is 0. The number of aliphatic carboxylic acids is 1. The van der Waals surface area contributed by atoms with E-state index in [4.69, 9.17) is 5.11 Å². The standard InChI is InChI=1S/C28H22BrN3O4/c29-19-11-12-21-20(15-19)26(18-9-5-2-6-10-18)27(28(36)30-21)22-16-23(17-7-3-1-4-8-17)32(31-22)24(33)13-14-25(34)35/h1-12,15-16,23,31H,13-14H2,(H,30,36)(H,34,35)/t23-/m1/s1. The molecule has 0 saturated heterocycles. The minimum atomic E-state index is -1.05. The molecule has 0 aliphatic carbocycles. The Morgan fingerprint density at radius 2 is 1.61 bits per heavy atom. The van der Waals surface area contributed by atoms with Crippen molar-refractivity contribution in [1.29, 1.82) is 0 Å². The normalized spacial score (nSPS) is 15.0. The minimum Gasteiger partial charge on any atom is -0.481 e. The number of rotatable bonds is 6. The van der Waals surface area contributed by atoms with Crippen molar-refractivity contribution >= 4 is 44.4 Å². The topological polar surface area (TPSA) is 102 Å². The summed E-state index contributed by atoms with van der Waals surface area (Å²) in [5.41, 5.74) is 6.84. The third-order valence-electron chi connectivity index (χ3n) is 6.11. The molecular weight excluding hydrogens is 522 g/mol. The lowest BCUT2D eigenvalue weighted by molar-refractivity contribution is -0.142. The van der Waals surface area contributed by atoms with Gasteiger partial charge in [0.25, 0.3) is 5.56 Å². The lowest BCUT2D eigenvalue weighted by atomic mass is 9.94. The number of nitrogens with one attached hydrogen (secondary N) is 2. The first-order chi connectivity index (χ1) is 17.4. The number of aromatic amines is 1. The molecule has 1 aromatic heterocycles. The van der Waals surface area contributed by atoms with Crippen molar-refractivity contribution in [3.05, 3.63) is 111 Å². The van der Waals surface area contributed by atoms with Gasteiger partial charge in [-0.15, -0.1) is 0 Å². The van der Waals surface area contributed by atoms with E-state index >= 15 is 0 Å². The van der Waals surface area contributed by atoms with Gasteiger partial charge in [0, 0.05) is 27.4 Å². The SMILES string of the molecule is O=C(O)CCC(=O)N1NC(c2c(-c3ccccc3)c3cc(Br)ccc3[nH]c2=O)=C[C@@H]1c1ccccc1. The molecule has 0 radical (unpaired) electrons. The highest BCUT2D eigenvalue weighted by atomic mass is 79.9. The van der Waals surface area contributed by atoms with Crippen LogP contribution in [-0.4, -0.2) is 27.0 Å². The van der Waals surface area contributed by atoms with Crippen molar-refractivity contribution in [2.24, 2.45) is 0 Å². The second kappa shape index (κ2) is 9.83. The molecule has 1 aliphatic heterocycles. The van der Waals surface area contributed by atoms with Crippen LogP contribution in [0.2, 0.25) is 0 Å². The number of hydrogen-bond donors (Lipinski definition) is 3. The molecule has 0 unspecified atom stereocenters. The molecule has 2 heterocycles. The van der Waals surface area contributed by atoms with E-state index in [2.05, 4.69) is 26.3 Å². The van der Waals surface area contributed by atoms with E-state index in [0.29, 0.717) is 16.8 Å². The van der Waals surface area contributed by atoms with Crippen LogP contribution < -0.4 is 11.0 Å². The van der Waals surface area contributed by atoms with Crippen LogP contribution in [0.1, 0.15) is 30.0 Å². The maximum absolute atomic E-state index is 13.5. The van der Waals surface area contributed by atoms with E-state index in [1.54, 1.807) is 0 Å². The number of hydrogen-bond acceptors (Lipinski definition) is 4. The maximum atomic E-state index is 13.5. The third kappa shape index (κ3) is 4.55. The van der Waals surface area contributed by atoms with E-state index < -0.39 is 12.0 Å². The Kier molecular flexibility index (Phi) is 6.43. The zero-order chi connectivity index (χ0) is 25.2. The second-order valence-corrected chi connectivity index (χ2v) is 9.38. The molecule has 3 aromatic carbocycles. The van der Waals surface area contributed by atoms with Crippen molar-refractivity contribution in [2.45, 2.75) is 18.9 Å². The van der Waals surface area contributed by atoms with Crippen molar-refractivity contribution < 1.29 is 14.7 Å². The lowest BCUT2D eigenvalue weighted by Crippen LogP contribution is -2.40. The fraction of sp³-hybridized carbons (Fsp3) is 0.107. The second-order valence-electron chi connectivity index (χ2n) is 8.47. The zero-order valence-electron chi connectivity index (χ0n) is 19.1. The van der Waals surface area contributed by atoms with Gasteiger partial charge in [-0.05, 0) is 35.4 Å². The van der Waals surface area contributed by atoms with Gasteiger partial charge in [-0.2, -0.15) is 0 Å². The van der Waals surface area contributed by atoms with Gasteiger partial charge < -0.3 is 10.1 Å². The van der Waals surface area contributed by atoms with Crippen LogP contribution in [0.3, 0.4) is 0 Å². The Morgan fingerprint density at radius 3 is 2.31 bits per heavy atom. The van der Waals surface area contributed by atoms with Gasteiger partial charge in [-0.25, -0.2) is 5.01 Å². The van der Waals surface area contributed by atoms with Crippen molar-refractivity contribution in [1.82, 2.24) is 15.4 Å². The van der Waals surface area contributed by atoms with Crippen LogP contribution >= 0.6 is 15.9 Å². The number of aromatic nitrogens is 1. The van der Waals surface area contributed by atoms with E-state index in [9.17, 15) is 14.4 Å². The summed E-state index contributed by atoms with van der Waals surface area (Å²) in [6.07, 6.45) is 1.39. The summed E-state index contributed by atoms with van der Waals surface area (Å²) in [7, 11) is 0. The molecular formula is C28H22BrN3O4. The maximum Gasteiger partial charge on any atom is 0.303 e. The predicted octanol–water partition coefficient (Wildman–Crippen LogP) is 5.25. The summed E-state index contributed by atoms with van der Waals surface area (Å²) < 4.78 is 0.867. The first-order valence-corrected chi connectivity index (χ1v) is 12.2. The number of fused-ring (bicyclic) bond motifs is 1. The number of benzene rings is 3. The van der Waals surface area contributed by atoms with E-state index in [0.717, 1.165) is 26.5 Å². The summed E-state index contributed by atoms with van der Waals surface area (Å²) in [5.74, 6) is -1.42. The molecule has 7 nitrogen and oxygen atoms in total. The molecule has 5 rings (SSSR count). The Bertz CT molecular complexity index is 1550. The fourth-order valence-electron chi connectivity index (χ4n) is 4.48. The van der Waals surface area contributed by atoms with Crippen LogP contribution in [0.4, 0.5) is 0 Å². The Hall–Kier alpha value is -4.17. The number of carboxylic acid groups (broad SMARTS) is 1. The number of carboxylic acids is 1. The molecule has 180 valence electrons. The van der Waals surface area contributed by atoms with Gasteiger partial charge in [0.15, 0.2) is 0 Å². The summed E-state index contributed by atoms with van der Waals surface area (Å²) >= 11 is 3.54. The molecule has 1 atom stereocenters. The first-order valence-electron chi connectivity index (χ1n) is 11.4. The zero-order valence-corrected chi connectivity index (χ0v) is 20.7.